The highest BCUT2D eigenvalue weighted by Crippen LogP contribution is 2.41. The third-order valence-electron chi connectivity index (χ3n) is 2.02. The van der Waals surface area contributed by atoms with Gasteiger partial charge < -0.3 is 5.32 Å². The lowest BCUT2D eigenvalue weighted by Crippen LogP contribution is -2.38. The van der Waals surface area contributed by atoms with Gasteiger partial charge in [-0.1, -0.05) is 0 Å². The minimum absolute atomic E-state index is 0.107. The lowest BCUT2D eigenvalue weighted by atomic mass is 10.00. The Morgan fingerprint density at radius 2 is 1.86 bits per heavy atom. The smallest absolute Gasteiger partial charge is 0.356 e. The predicted molar refractivity (Wildman–Crippen MR) is 36.7 cm³/mol. The fraction of sp³-hybridized carbons (Fsp3) is 0.857. The molecule has 1 aliphatic rings. The Hall–Kier alpha value is -0.880. The van der Waals surface area contributed by atoms with Crippen LogP contribution in [0.5, 0.6) is 0 Å². The van der Waals surface area contributed by atoms with Crippen molar-refractivity contribution in [3.05, 3.63) is 0 Å². The SMILES string of the molecule is O=C1CC(CC(F)(F)C(F)(F)F)CN1. The largest absolute Gasteiger partial charge is 0.453 e. The Labute approximate surface area is 76.5 Å². The van der Waals surface area contributed by atoms with Gasteiger partial charge in [-0.25, -0.2) is 0 Å². The molecule has 1 atom stereocenters. The van der Waals surface area contributed by atoms with Gasteiger partial charge in [0.2, 0.25) is 5.91 Å². The molecule has 0 saturated carbocycles. The van der Waals surface area contributed by atoms with Crippen molar-refractivity contribution in [3.63, 3.8) is 0 Å². The molecule has 1 saturated heterocycles. The van der Waals surface area contributed by atoms with E-state index in [2.05, 4.69) is 5.32 Å². The summed E-state index contributed by atoms with van der Waals surface area (Å²) >= 11 is 0. The summed E-state index contributed by atoms with van der Waals surface area (Å²) in [6, 6.07) is 0. The van der Waals surface area contributed by atoms with Gasteiger partial charge in [-0.3, -0.25) is 4.79 Å². The Morgan fingerprint density at radius 1 is 1.29 bits per heavy atom. The summed E-state index contributed by atoms with van der Waals surface area (Å²) in [4.78, 5) is 10.6. The number of rotatable bonds is 2. The molecule has 1 heterocycles. The highest BCUT2D eigenvalue weighted by atomic mass is 19.4. The van der Waals surface area contributed by atoms with Gasteiger partial charge in [-0.05, 0) is 5.92 Å². The van der Waals surface area contributed by atoms with Gasteiger partial charge in [0.1, 0.15) is 0 Å². The molecular weight excluding hydrogens is 209 g/mol. The standard InChI is InChI=1S/C7H8F5NO/c8-6(9,7(10,11)12)2-4-1-5(14)13-3-4/h4H,1-3H2,(H,13,14). The predicted octanol–water partition coefficient (Wildman–Crippen LogP) is 1.71. The molecule has 1 N–H and O–H groups in total. The van der Waals surface area contributed by atoms with Gasteiger partial charge in [-0.2, -0.15) is 22.0 Å². The van der Waals surface area contributed by atoms with Crippen LogP contribution in [0.25, 0.3) is 0 Å². The molecule has 0 spiro atoms. The highest BCUT2D eigenvalue weighted by molar-refractivity contribution is 5.78. The summed E-state index contributed by atoms with van der Waals surface area (Å²) in [5.41, 5.74) is 0. The molecule has 0 aromatic carbocycles. The van der Waals surface area contributed by atoms with Crippen molar-refractivity contribution in [2.24, 2.45) is 5.92 Å². The second-order valence-electron chi connectivity index (χ2n) is 3.28. The number of halogens is 5. The van der Waals surface area contributed by atoms with E-state index >= 15 is 0 Å². The molecule has 0 aromatic rings. The lowest BCUT2D eigenvalue weighted by molar-refractivity contribution is -0.287. The van der Waals surface area contributed by atoms with Crippen LogP contribution in [0.15, 0.2) is 0 Å². The van der Waals surface area contributed by atoms with Gasteiger partial charge in [0.15, 0.2) is 0 Å². The number of hydrogen-bond acceptors (Lipinski definition) is 1. The molecular formula is C7H8F5NO. The number of amides is 1. The maximum absolute atomic E-state index is 12.4. The first kappa shape index (κ1) is 11.2. The molecule has 1 aliphatic heterocycles. The van der Waals surface area contributed by atoms with Gasteiger partial charge in [0, 0.05) is 19.4 Å². The fourth-order valence-electron chi connectivity index (χ4n) is 1.29. The topological polar surface area (TPSA) is 29.1 Å². The maximum Gasteiger partial charge on any atom is 0.453 e. The molecule has 1 rings (SSSR count). The second-order valence-corrected chi connectivity index (χ2v) is 3.28. The molecule has 7 heteroatoms. The summed E-state index contributed by atoms with van der Waals surface area (Å²) in [6.07, 6.45) is -7.11. The first-order valence-electron chi connectivity index (χ1n) is 3.93. The molecule has 82 valence electrons. The van der Waals surface area contributed by atoms with E-state index in [0.717, 1.165) is 0 Å². The summed E-state index contributed by atoms with van der Waals surface area (Å²) in [7, 11) is 0. The van der Waals surface area contributed by atoms with Crippen LogP contribution in [-0.4, -0.2) is 24.6 Å². The third kappa shape index (κ3) is 2.33. The first-order chi connectivity index (χ1) is 6.22. The molecule has 1 fully saturated rings. The van der Waals surface area contributed by atoms with Crippen LogP contribution in [0, 0.1) is 5.92 Å². The molecule has 0 aromatic heterocycles. The lowest BCUT2D eigenvalue weighted by Gasteiger charge is -2.21. The zero-order chi connectivity index (χ0) is 11.0. The van der Waals surface area contributed by atoms with Crippen molar-refractivity contribution >= 4 is 5.91 Å². The number of alkyl halides is 5. The van der Waals surface area contributed by atoms with Crippen LogP contribution in [0.2, 0.25) is 0 Å². The van der Waals surface area contributed by atoms with Crippen LogP contribution in [0.4, 0.5) is 22.0 Å². The average molecular weight is 217 g/mol. The molecule has 0 radical (unpaired) electrons. The van der Waals surface area contributed by atoms with E-state index in [-0.39, 0.29) is 13.0 Å². The van der Waals surface area contributed by atoms with Crippen molar-refractivity contribution in [2.45, 2.75) is 24.9 Å². The van der Waals surface area contributed by atoms with Crippen molar-refractivity contribution in [1.29, 1.82) is 0 Å². The van der Waals surface area contributed by atoms with Crippen molar-refractivity contribution in [3.8, 4) is 0 Å². The van der Waals surface area contributed by atoms with E-state index in [1.54, 1.807) is 0 Å². The fourth-order valence-corrected chi connectivity index (χ4v) is 1.29. The number of carbonyl (C=O) groups excluding carboxylic acids is 1. The van der Waals surface area contributed by atoms with Crippen LogP contribution in [-0.2, 0) is 4.79 Å². The maximum atomic E-state index is 12.4. The Kier molecular flexibility index (Phi) is 2.69. The highest BCUT2D eigenvalue weighted by Gasteiger charge is 2.58. The van der Waals surface area contributed by atoms with Crippen molar-refractivity contribution in [1.82, 2.24) is 5.32 Å². The summed E-state index contributed by atoms with van der Waals surface area (Å²) in [5.74, 6) is -6.11. The van der Waals surface area contributed by atoms with Crippen LogP contribution in [0.3, 0.4) is 0 Å². The molecule has 0 aliphatic carbocycles. The van der Waals surface area contributed by atoms with Gasteiger partial charge in [0.05, 0.1) is 0 Å². The minimum Gasteiger partial charge on any atom is -0.356 e. The van der Waals surface area contributed by atoms with Crippen molar-refractivity contribution in [2.75, 3.05) is 6.54 Å². The minimum atomic E-state index is -5.53. The van der Waals surface area contributed by atoms with E-state index in [0.29, 0.717) is 0 Å². The summed E-state index contributed by atoms with van der Waals surface area (Å²) in [5, 5.41) is 2.20. The molecule has 0 bridgehead atoms. The van der Waals surface area contributed by atoms with E-state index in [1.165, 1.54) is 0 Å². The van der Waals surface area contributed by atoms with Gasteiger partial charge >= 0.3 is 12.1 Å². The second kappa shape index (κ2) is 3.36. The Morgan fingerprint density at radius 3 is 2.21 bits per heavy atom. The summed E-state index contributed by atoms with van der Waals surface area (Å²) in [6.45, 7) is -0.107. The van der Waals surface area contributed by atoms with Crippen LogP contribution >= 0.6 is 0 Å². The summed E-state index contributed by atoms with van der Waals surface area (Å²) < 4.78 is 60.1. The zero-order valence-electron chi connectivity index (χ0n) is 7.00. The third-order valence-corrected chi connectivity index (χ3v) is 2.02. The zero-order valence-corrected chi connectivity index (χ0v) is 7.00. The van der Waals surface area contributed by atoms with Gasteiger partial charge in [-0.15, -0.1) is 0 Å². The number of hydrogen-bond donors (Lipinski definition) is 1. The average Bonchev–Trinajstić information content (AvgIpc) is 2.31. The van der Waals surface area contributed by atoms with Gasteiger partial charge in [0.25, 0.3) is 0 Å². The number of nitrogens with one attached hydrogen (secondary N) is 1. The molecule has 1 unspecified atom stereocenters. The molecule has 2 nitrogen and oxygen atoms in total. The Balaban J connectivity index is 2.55. The normalized spacial score (nSPS) is 23.8. The first-order valence-corrected chi connectivity index (χ1v) is 3.93. The van der Waals surface area contributed by atoms with E-state index in [9.17, 15) is 26.7 Å². The van der Waals surface area contributed by atoms with E-state index in [1.807, 2.05) is 0 Å². The van der Waals surface area contributed by atoms with Crippen LogP contribution in [0.1, 0.15) is 12.8 Å². The number of carbonyl (C=O) groups is 1. The molecule has 1 amide bonds. The van der Waals surface area contributed by atoms with E-state index in [4.69, 9.17) is 0 Å². The molecule has 14 heavy (non-hydrogen) atoms. The monoisotopic (exact) mass is 217 g/mol. The van der Waals surface area contributed by atoms with E-state index < -0.39 is 30.3 Å². The quantitative estimate of drug-likeness (QED) is 0.701. The van der Waals surface area contributed by atoms with Crippen LogP contribution < -0.4 is 5.32 Å². The Bertz CT molecular complexity index is 237. The van der Waals surface area contributed by atoms with Crippen molar-refractivity contribution < 1.29 is 26.7 Å².